The minimum atomic E-state index is -3.52. The molecule has 29 heavy (non-hydrogen) atoms. The van der Waals surface area contributed by atoms with E-state index >= 15 is 0 Å². The van der Waals surface area contributed by atoms with Gasteiger partial charge in [0.1, 0.15) is 13.2 Å². The SMILES string of the molecule is CN(C)S(=O)(=O)c1ccc(C(=O)NCC(C)(C)c2ccc3c(c2)OCCO3)cc1. The zero-order valence-electron chi connectivity index (χ0n) is 17.1. The second kappa shape index (κ2) is 8.04. The molecule has 7 nitrogen and oxygen atoms in total. The van der Waals surface area contributed by atoms with Gasteiger partial charge in [-0.25, -0.2) is 12.7 Å². The van der Waals surface area contributed by atoms with Crippen molar-refractivity contribution in [1.29, 1.82) is 0 Å². The number of hydrogen-bond donors (Lipinski definition) is 1. The van der Waals surface area contributed by atoms with Gasteiger partial charge < -0.3 is 14.8 Å². The van der Waals surface area contributed by atoms with Crippen LogP contribution in [-0.2, 0) is 15.4 Å². The molecule has 1 aliphatic heterocycles. The molecule has 2 aromatic rings. The highest BCUT2D eigenvalue weighted by molar-refractivity contribution is 7.89. The van der Waals surface area contributed by atoms with E-state index in [-0.39, 0.29) is 16.2 Å². The van der Waals surface area contributed by atoms with Crippen LogP contribution < -0.4 is 14.8 Å². The van der Waals surface area contributed by atoms with Crippen LogP contribution in [0.25, 0.3) is 0 Å². The first-order valence-corrected chi connectivity index (χ1v) is 10.8. The first-order valence-electron chi connectivity index (χ1n) is 9.32. The van der Waals surface area contributed by atoms with Gasteiger partial charge in [-0.05, 0) is 42.0 Å². The number of amides is 1. The molecule has 8 heteroatoms. The molecule has 0 radical (unpaired) electrons. The van der Waals surface area contributed by atoms with E-state index in [4.69, 9.17) is 9.47 Å². The topological polar surface area (TPSA) is 84.9 Å². The van der Waals surface area contributed by atoms with E-state index < -0.39 is 10.0 Å². The standard InChI is InChI=1S/C21H26N2O5S/c1-21(2,16-7-10-18-19(13-16)28-12-11-27-18)14-22-20(24)15-5-8-17(9-6-15)29(25,26)23(3)4/h5-10,13H,11-12,14H2,1-4H3,(H,22,24). The minimum absolute atomic E-state index is 0.149. The molecule has 0 bridgehead atoms. The molecule has 0 fully saturated rings. The zero-order chi connectivity index (χ0) is 21.2. The Bertz CT molecular complexity index is 998. The largest absolute Gasteiger partial charge is 0.486 e. The minimum Gasteiger partial charge on any atom is -0.486 e. The number of carbonyl (C=O) groups excluding carboxylic acids is 1. The third-order valence-corrected chi connectivity index (χ3v) is 6.74. The normalized spacial score (nSPS) is 14.0. The van der Waals surface area contributed by atoms with E-state index in [1.54, 1.807) is 0 Å². The second-order valence-corrected chi connectivity index (χ2v) is 9.89. The van der Waals surface area contributed by atoms with Crippen LogP contribution in [0.1, 0.15) is 29.8 Å². The number of nitrogens with one attached hydrogen (secondary N) is 1. The number of fused-ring (bicyclic) bond motifs is 1. The van der Waals surface area contributed by atoms with Gasteiger partial charge in [-0.15, -0.1) is 0 Å². The Morgan fingerprint density at radius 2 is 1.66 bits per heavy atom. The Balaban J connectivity index is 1.68. The fourth-order valence-electron chi connectivity index (χ4n) is 2.96. The van der Waals surface area contributed by atoms with Crippen LogP contribution in [0.5, 0.6) is 11.5 Å². The van der Waals surface area contributed by atoms with Crippen LogP contribution in [0.2, 0.25) is 0 Å². The van der Waals surface area contributed by atoms with Crippen molar-refractivity contribution < 1.29 is 22.7 Å². The summed E-state index contributed by atoms with van der Waals surface area (Å²) >= 11 is 0. The van der Waals surface area contributed by atoms with Gasteiger partial charge in [0.25, 0.3) is 5.91 Å². The van der Waals surface area contributed by atoms with Crippen molar-refractivity contribution >= 4 is 15.9 Å². The van der Waals surface area contributed by atoms with Crippen LogP contribution in [0, 0.1) is 0 Å². The Morgan fingerprint density at radius 1 is 1.03 bits per heavy atom. The molecule has 0 unspecified atom stereocenters. The molecule has 1 aliphatic rings. The zero-order valence-corrected chi connectivity index (χ0v) is 17.9. The van der Waals surface area contributed by atoms with Gasteiger partial charge in [0.2, 0.25) is 10.0 Å². The smallest absolute Gasteiger partial charge is 0.251 e. The van der Waals surface area contributed by atoms with Gasteiger partial charge in [0.15, 0.2) is 11.5 Å². The summed E-state index contributed by atoms with van der Waals surface area (Å²) in [6.45, 7) is 5.54. The average Bonchev–Trinajstić information content (AvgIpc) is 2.71. The number of benzene rings is 2. The van der Waals surface area contributed by atoms with Gasteiger partial charge in [0, 0.05) is 31.6 Å². The average molecular weight is 419 g/mol. The molecule has 1 amide bonds. The number of nitrogens with zero attached hydrogens (tertiary/aromatic N) is 1. The first-order chi connectivity index (χ1) is 13.6. The number of sulfonamides is 1. The highest BCUT2D eigenvalue weighted by atomic mass is 32.2. The lowest BCUT2D eigenvalue weighted by atomic mass is 9.84. The second-order valence-electron chi connectivity index (χ2n) is 7.74. The maximum Gasteiger partial charge on any atom is 0.251 e. The number of hydrogen-bond acceptors (Lipinski definition) is 5. The summed E-state index contributed by atoms with van der Waals surface area (Å²) in [5.74, 6) is 1.18. The maximum atomic E-state index is 12.5. The van der Waals surface area contributed by atoms with Crippen LogP contribution >= 0.6 is 0 Å². The van der Waals surface area contributed by atoms with Crippen molar-refractivity contribution in [3.63, 3.8) is 0 Å². The summed E-state index contributed by atoms with van der Waals surface area (Å²) in [4.78, 5) is 12.7. The van der Waals surface area contributed by atoms with Gasteiger partial charge in [-0.1, -0.05) is 19.9 Å². The number of carbonyl (C=O) groups is 1. The fourth-order valence-corrected chi connectivity index (χ4v) is 3.86. The lowest BCUT2D eigenvalue weighted by Crippen LogP contribution is -2.36. The summed E-state index contributed by atoms with van der Waals surface area (Å²) in [6, 6.07) is 11.7. The van der Waals surface area contributed by atoms with Crippen LogP contribution in [0.4, 0.5) is 0 Å². The Kier molecular flexibility index (Phi) is 5.86. The Morgan fingerprint density at radius 3 is 2.28 bits per heavy atom. The Labute approximate surface area is 171 Å². The van der Waals surface area contributed by atoms with Gasteiger partial charge in [-0.3, -0.25) is 4.79 Å². The van der Waals surface area contributed by atoms with E-state index in [1.165, 1.54) is 38.4 Å². The molecule has 3 rings (SSSR count). The molecular formula is C21H26N2O5S. The quantitative estimate of drug-likeness (QED) is 0.779. The van der Waals surface area contributed by atoms with Gasteiger partial charge >= 0.3 is 0 Å². The lowest BCUT2D eigenvalue weighted by molar-refractivity contribution is 0.0945. The summed E-state index contributed by atoms with van der Waals surface area (Å²) in [5.41, 5.74) is 1.09. The van der Waals surface area contributed by atoms with E-state index in [9.17, 15) is 13.2 Å². The molecule has 156 valence electrons. The van der Waals surface area contributed by atoms with E-state index in [0.29, 0.717) is 31.1 Å². The summed E-state index contributed by atoms with van der Waals surface area (Å²) in [7, 11) is -0.583. The molecule has 0 saturated carbocycles. The van der Waals surface area contributed by atoms with Crippen molar-refractivity contribution in [1.82, 2.24) is 9.62 Å². The van der Waals surface area contributed by atoms with Crippen molar-refractivity contribution in [2.24, 2.45) is 0 Å². The third kappa shape index (κ3) is 4.54. The molecule has 0 atom stereocenters. The molecule has 0 aromatic heterocycles. The van der Waals surface area contributed by atoms with Crippen LogP contribution in [-0.4, -0.2) is 52.5 Å². The lowest BCUT2D eigenvalue weighted by Gasteiger charge is -2.28. The predicted molar refractivity (Wildman–Crippen MR) is 110 cm³/mol. The molecule has 0 aliphatic carbocycles. The van der Waals surface area contributed by atoms with E-state index in [0.717, 1.165) is 15.6 Å². The van der Waals surface area contributed by atoms with Crippen LogP contribution in [0.3, 0.4) is 0 Å². The fraction of sp³-hybridized carbons (Fsp3) is 0.381. The van der Waals surface area contributed by atoms with Crippen molar-refractivity contribution in [2.75, 3.05) is 33.9 Å². The molecule has 2 aromatic carbocycles. The van der Waals surface area contributed by atoms with Gasteiger partial charge in [0.05, 0.1) is 4.90 Å². The monoisotopic (exact) mass is 418 g/mol. The van der Waals surface area contributed by atoms with Crippen LogP contribution in [0.15, 0.2) is 47.4 Å². The predicted octanol–water partition coefficient (Wildman–Crippen LogP) is 2.42. The highest BCUT2D eigenvalue weighted by Gasteiger charge is 2.25. The highest BCUT2D eigenvalue weighted by Crippen LogP contribution is 2.35. The molecular weight excluding hydrogens is 392 g/mol. The third-order valence-electron chi connectivity index (χ3n) is 4.91. The molecule has 1 heterocycles. The molecule has 0 saturated heterocycles. The molecule has 0 spiro atoms. The number of rotatable bonds is 6. The van der Waals surface area contributed by atoms with Crippen molar-refractivity contribution in [3.8, 4) is 11.5 Å². The van der Waals surface area contributed by atoms with Crippen molar-refractivity contribution in [3.05, 3.63) is 53.6 Å². The summed E-state index contributed by atoms with van der Waals surface area (Å²) in [5, 5.41) is 2.93. The number of ether oxygens (including phenoxy) is 2. The summed E-state index contributed by atoms with van der Waals surface area (Å²) in [6.07, 6.45) is 0. The van der Waals surface area contributed by atoms with Crippen molar-refractivity contribution in [2.45, 2.75) is 24.2 Å². The maximum absolute atomic E-state index is 12.5. The Hall–Kier alpha value is -2.58. The summed E-state index contributed by atoms with van der Waals surface area (Å²) < 4.78 is 36.6. The van der Waals surface area contributed by atoms with E-state index in [1.807, 2.05) is 32.0 Å². The first kappa shape index (κ1) is 21.1. The molecule has 1 N–H and O–H groups in total. The van der Waals surface area contributed by atoms with Gasteiger partial charge in [-0.2, -0.15) is 0 Å². The van der Waals surface area contributed by atoms with E-state index in [2.05, 4.69) is 5.32 Å².